The Bertz CT molecular complexity index is 979. The summed E-state index contributed by atoms with van der Waals surface area (Å²) >= 11 is 7.59. The number of aromatic nitrogens is 3. The van der Waals surface area contributed by atoms with E-state index in [0.717, 1.165) is 41.2 Å². The average molecular weight is 420 g/mol. The summed E-state index contributed by atoms with van der Waals surface area (Å²) in [6, 6.07) is 7.63. The maximum atomic E-state index is 11.4. The summed E-state index contributed by atoms with van der Waals surface area (Å²) in [4.78, 5) is 20.5. The molecule has 8 heteroatoms. The van der Waals surface area contributed by atoms with E-state index in [1.165, 1.54) is 11.3 Å². The molecule has 0 saturated carbocycles. The number of aliphatic hydroxyl groups is 1. The van der Waals surface area contributed by atoms with Crippen LogP contribution in [0.25, 0.3) is 11.3 Å². The quantitative estimate of drug-likeness (QED) is 0.559. The molecule has 0 aliphatic carbocycles. The van der Waals surface area contributed by atoms with E-state index in [1.54, 1.807) is 6.92 Å². The second-order valence-electron chi connectivity index (χ2n) is 6.53. The van der Waals surface area contributed by atoms with Gasteiger partial charge in [0.1, 0.15) is 21.5 Å². The van der Waals surface area contributed by atoms with Crippen LogP contribution >= 0.6 is 22.9 Å². The van der Waals surface area contributed by atoms with Crippen LogP contribution in [0.2, 0.25) is 5.15 Å². The number of aromatic carboxylic acids is 1. The van der Waals surface area contributed by atoms with Gasteiger partial charge in [0.25, 0.3) is 0 Å². The number of benzene rings is 1. The Hall–Kier alpha value is -2.22. The van der Waals surface area contributed by atoms with E-state index in [-0.39, 0.29) is 11.5 Å². The molecule has 2 aromatic heterocycles. The zero-order chi connectivity index (χ0) is 20.3. The molecular weight excluding hydrogens is 398 g/mol. The van der Waals surface area contributed by atoms with Crippen LogP contribution in [0.1, 0.15) is 51.5 Å². The molecule has 2 heterocycles. The lowest BCUT2D eigenvalue weighted by atomic mass is 10.1. The van der Waals surface area contributed by atoms with Crippen LogP contribution < -0.4 is 0 Å². The molecule has 0 bridgehead atoms. The molecule has 28 heavy (non-hydrogen) atoms. The highest BCUT2D eigenvalue weighted by atomic mass is 35.5. The molecule has 0 radical (unpaired) electrons. The molecule has 0 spiro atoms. The summed E-state index contributed by atoms with van der Waals surface area (Å²) in [6.07, 6.45) is 2.85. The van der Waals surface area contributed by atoms with Crippen LogP contribution in [0.4, 0.5) is 0 Å². The molecule has 6 nitrogen and oxygen atoms in total. The van der Waals surface area contributed by atoms with Crippen LogP contribution in [-0.4, -0.2) is 30.7 Å². The lowest BCUT2D eigenvalue weighted by Gasteiger charge is -2.10. The van der Waals surface area contributed by atoms with Gasteiger partial charge < -0.3 is 14.8 Å². The summed E-state index contributed by atoms with van der Waals surface area (Å²) < 4.78 is 1.92. The van der Waals surface area contributed by atoms with Crippen LogP contribution in [0, 0.1) is 6.92 Å². The van der Waals surface area contributed by atoms with Crippen molar-refractivity contribution >= 4 is 28.9 Å². The number of thiazole rings is 1. The summed E-state index contributed by atoms with van der Waals surface area (Å²) in [7, 11) is 0. The Balaban J connectivity index is 1.87. The summed E-state index contributed by atoms with van der Waals surface area (Å²) in [5.74, 6) is -0.102. The van der Waals surface area contributed by atoms with E-state index in [0.29, 0.717) is 23.1 Å². The first-order chi connectivity index (χ1) is 13.4. The Morgan fingerprint density at radius 2 is 1.96 bits per heavy atom. The molecule has 0 aliphatic heterocycles. The minimum Gasteiger partial charge on any atom is -0.477 e. The molecular formula is C20H22ClN3O3S. The topological polar surface area (TPSA) is 88.2 Å². The molecule has 1 aromatic carbocycles. The smallest absolute Gasteiger partial charge is 0.348 e. The first kappa shape index (κ1) is 20.5. The molecule has 3 rings (SSSR count). The lowest BCUT2D eigenvalue weighted by molar-refractivity contribution is 0.0702. The molecule has 0 fully saturated rings. The Kier molecular flexibility index (Phi) is 6.49. The molecule has 0 saturated heterocycles. The van der Waals surface area contributed by atoms with Crippen molar-refractivity contribution in [3.05, 3.63) is 56.4 Å². The van der Waals surface area contributed by atoms with Gasteiger partial charge in [-0.15, -0.1) is 11.3 Å². The summed E-state index contributed by atoms with van der Waals surface area (Å²) in [5.41, 5.74) is 2.76. The molecule has 148 valence electrons. The first-order valence-corrected chi connectivity index (χ1v) is 10.3. The molecule has 0 amide bonds. The number of nitrogens with zero attached hydrogens (tertiary/aromatic N) is 3. The second-order valence-corrected chi connectivity index (χ2v) is 8.09. The highest BCUT2D eigenvalue weighted by Gasteiger charge is 2.18. The van der Waals surface area contributed by atoms with Crippen molar-refractivity contribution < 1.29 is 15.0 Å². The highest BCUT2D eigenvalue weighted by molar-refractivity contribution is 7.14. The van der Waals surface area contributed by atoms with E-state index in [1.807, 2.05) is 28.8 Å². The van der Waals surface area contributed by atoms with Crippen LogP contribution in [0.15, 0.2) is 24.3 Å². The van der Waals surface area contributed by atoms with Crippen LogP contribution in [-0.2, 0) is 19.6 Å². The average Bonchev–Trinajstić information content (AvgIpc) is 3.21. The summed E-state index contributed by atoms with van der Waals surface area (Å²) in [6.45, 7) is 4.26. The van der Waals surface area contributed by atoms with Gasteiger partial charge in [0.15, 0.2) is 0 Å². The minimum absolute atomic E-state index is 0.189. The van der Waals surface area contributed by atoms with Gasteiger partial charge in [-0.3, -0.25) is 0 Å². The number of rotatable bonds is 8. The van der Waals surface area contributed by atoms with Gasteiger partial charge in [0, 0.05) is 12.0 Å². The van der Waals surface area contributed by atoms with Gasteiger partial charge >= 0.3 is 5.97 Å². The zero-order valence-corrected chi connectivity index (χ0v) is 17.3. The number of imidazole rings is 1. The molecule has 3 aromatic rings. The normalized spacial score (nSPS) is 11.1. The van der Waals surface area contributed by atoms with Gasteiger partial charge in [-0.2, -0.15) is 0 Å². The van der Waals surface area contributed by atoms with Crippen molar-refractivity contribution in [2.24, 2.45) is 0 Å². The number of halogens is 1. The molecule has 0 aliphatic rings. The van der Waals surface area contributed by atoms with E-state index >= 15 is 0 Å². The number of carbonyl (C=O) groups is 1. The van der Waals surface area contributed by atoms with Gasteiger partial charge in [0.05, 0.1) is 23.9 Å². The fourth-order valence-electron chi connectivity index (χ4n) is 3.04. The Morgan fingerprint density at radius 3 is 2.57 bits per heavy atom. The standard InChI is InChI=1S/C20H22ClN3O3S/c1-3-4-5-16-23-15(11-25)19(21)24(16)10-13-6-8-14(9-7-13)17-18(20(26)27)28-12(2)22-17/h6-9,25H,3-5,10-11H2,1-2H3,(H,26,27). The third kappa shape index (κ3) is 4.27. The van der Waals surface area contributed by atoms with Crippen molar-refractivity contribution in [1.29, 1.82) is 0 Å². The maximum Gasteiger partial charge on any atom is 0.348 e. The summed E-state index contributed by atoms with van der Waals surface area (Å²) in [5, 5.41) is 20.0. The lowest BCUT2D eigenvalue weighted by Crippen LogP contribution is -2.06. The third-order valence-corrected chi connectivity index (χ3v) is 5.83. The highest BCUT2D eigenvalue weighted by Crippen LogP contribution is 2.29. The predicted octanol–water partition coefficient (Wildman–Crippen LogP) is 4.55. The minimum atomic E-state index is -0.966. The van der Waals surface area contributed by atoms with Gasteiger partial charge in [-0.25, -0.2) is 14.8 Å². The fraction of sp³-hybridized carbons (Fsp3) is 0.350. The largest absolute Gasteiger partial charge is 0.477 e. The number of unbranched alkanes of at least 4 members (excludes halogenated alkanes) is 1. The Morgan fingerprint density at radius 1 is 1.25 bits per heavy atom. The SMILES string of the molecule is CCCCc1nc(CO)c(Cl)n1Cc1ccc(-c2nc(C)sc2C(=O)O)cc1. The van der Waals surface area contributed by atoms with Crippen LogP contribution in [0.3, 0.4) is 0 Å². The van der Waals surface area contributed by atoms with E-state index in [2.05, 4.69) is 16.9 Å². The number of aryl methyl sites for hydroxylation is 2. The Labute approximate surface area is 172 Å². The van der Waals surface area contributed by atoms with Crippen molar-refractivity contribution in [3.63, 3.8) is 0 Å². The van der Waals surface area contributed by atoms with Crippen molar-refractivity contribution in [3.8, 4) is 11.3 Å². The van der Waals surface area contributed by atoms with E-state index in [9.17, 15) is 15.0 Å². The second kappa shape index (κ2) is 8.86. The number of hydrogen-bond acceptors (Lipinski definition) is 5. The molecule has 0 unspecified atom stereocenters. The van der Waals surface area contributed by atoms with Crippen molar-refractivity contribution in [2.45, 2.75) is 46.3 Å². The van der Waals surface area contributed by atoms with Crippen molar-refractivity contribution in [2.75, 3.05) is 0 Å². The van der Waals surface area contributed by atoms with Crippen LogP contribution in [0.5, 0.6) is 0 Å². The van der Waals surface area contributed by atoms with E-state index in [4.69, 9.17) is 11.6 Å². The van der Waals surface area contributed by atoms with E-state index < -0.39 is 5.97 Å². The van der Waals surface area contributed by atoms with Gasteiger partial charge in [-0.1, -0.05) is 49.2 Å². The van der Waals surface area contributed by atoms with Gasteiger partial charge in [0.2, 0.25) is 0 Å². The number of carboxylic acid groups (broad SMARTS) is 1. The zero-order valence-electron chi connectivity index (χ0n) is 15.8. The number of hydrogen-bond donors (Lipinski definition) is 2. The fourth-order valence-corrected chi connectivity index (χ4v) is 4.08. The predicted molar refractivity (Wildman–Crippen MR) is 110 cm³/mol. The number of carboxylic acids is 1. The third-order valence-electron chi connectivity index (χ3n) is 4.45. The monoisotopic (exact) mass is 419 g/mol. The maximum absolute atomic E-state index is 11.4. The molecule has 2 N–H and O–H groups in total. The van der Waals surface area contributed by atoms with Crippen molar-refractivity contribution in [1.82, 2.24) is 14.5 Å². The molecule has 0 atom stereocenters. The number of aliphatic hydroxyl groups excluding tert-OH is 1. The first-order valence-electron chi connectivity index (χ1n) is 9.09. The van der Waals surface area contributed by atoms with Gasteiger partial charge in [-0.05, 0) is 18.9 Å².